The molecule has 1 aromatic heterocycles. The highest BCUT2D eigenvalue weighted by Gasteiger charge is 2.36. The Balaban J connectivity index is 1.35. The summed E-state index contributed by atoms with van der Waals surface area (Å²) in [7, 11) is 0. The zero-order valence-corrected chi connectivity index (χ0v) is 22.5. The van der Waals surface area contributed by atoms with Crippen LogP contribution >= 0.6 is 11.6 Å². The second-order valence-electron chi connectivity index (χ2n) is 9.90. The predicted molar refractivity (Wildman–Crippen MR) is 152 cm³/mol. The summed E-state index contributed by atoms with van der Waals surface area (Å²) in [6.07, 6.45) is 2.24. The molecule has 9 heteroatoms. The largest absolute Gasteiger partial charge is 0.361 e. The molecule has 0 spiro atoms. The minimum atomic E-state index is -1.08. The summed E-state index contributed by atoms with van der Waals surface area (Å²) < 4.78 is 0. The smallest absolute Gasteiger partial charge is 0.246 e. The van der Waals surface area contributed by atoms with Crippen LogP contribution in [0, 0.1) is 5.92 Å². The van der Waals surface area contributed by atoms with Crippen molar-refractivity contribution in [1.82, 2.24) is 20.5 Å². The molecule has 2 heterocycles. The highest BCUT2D eigenvalue weighted by atomic mass is 35.5. The van der Waals surface area contributed by atoms with Gasteiger partial charge in [-0.3, -0.25) is 19.2 Å². The summed E-state index contributed by atoms with van der Waals surface area (Å²) in [5.74, 6) is -2.68. The number of amides is 3. The van der Waals surface area contributed by atoms with Crippen molar-refractivity contribution in [3.8, 4) is 0 Å². The van der Waals surface area contributed by atoms with Gasteiger partial charge in [-0.15, -0.1) is 0 Å². The molecule has 2 atom stereocenters. The number of benzene rings is 3. The Morgan fingerprint density at radius 3 is 2.48 bits per heavy atom. The van der Waals surface area contributed by atoms with Gasteiger partial charge in [-0.25, -0.2) is 0 Å². The first-order valence-corrected chi connectivity index (χ1v) is 13.5. The van der Waals surface area contributed by atoms with Crippen LogP contribution in [0.2, 0.25) is 5.02 Å². The molecule has 1 aliphatic heterocycles. The van der Waals surface area contributed by atoms with Gasteiger partial charge in [0.2, 0.25) is 17.7 Å². The maximum Gasteiger partial charge on any atom is 0.246 e. The average molecular weight is 557 g/mol. The predicted octanol–water partition coefficient (Wildman–Crippen LogP) is 3.44. The van der Waals surface area contributed by atoms with Gasteiger partial charge in [-0.1, -0.05) is 78.3 Å². The van der Waals surface area contributed by atoms with E-state index in [0.717, 1.165) is 27.6 Å². The van der Waals surface area contributed by atoms with Crippen LogP contribution in [0.3, 0.4) is 0 Å². The van der Waals surface area contributed by atoms with E-state index in [9.17, 15) is 19.2 Å². The molecule has 0 bridgehead atoms. The molecular formula is C31H29ClN4O4. The third-order valence-electron chi connectivity index (χ3n) is 7.12. The van der Waals surface area contributed by atoms with Crippen LogP contribution in [0.15, 0.2) is 85.1 Å². The fraction of sp³-hybridized carbons (Fsp3) is 0.226. The zero-order valence-electron chi connectivity index (χ0n) is 21.7. The van der Waals surface area contributed by atoms with Crippen LogP contribution in [0.4, 0.5) is 0 Å². The number of para-hydroxylation sites is 1. The number of aromatic amines is 1. The number of fused-ring (bicyclic) bond motifs is 1. The molecule has 204 valence electrons. The first-order chi connectivity index (χ1) is 19.4. The topological polar surface area (TPSA) is 111 Å². The second-order valence-corrected chi connectivity index (χ2v) is 10.3. The van der Waals surface area contributed by atoms with Crippen molar-refractivity contribution >= 4 is 46.0 Å². The number of hydrogen-bond acceptors (Lipinski definition) is 4. The number of hydrogen-bond donors (Lipinski definition) is 3. The summed E-state index contributed by atoms with van der Waals surface area (Å²) in [6.45, 7) is -0.429. The van der Waals surface area contributed by atoms with Crippen molar-refractivity contribution in [2.75, 3.05) is 13.1 Å². The molecule has 3 aromatic carbocycles. The molecule has 1 aliphatic rings. The summed E-state index contributed by atoms with van der Waals surface area (Å²) in [6, 6.07) is 23.4. The van der Waals surface area contributed by atoms with Crippen LogP contribution in [0.5, 0.6) is 0 Å². The third-order valence-corrected chi connectivity index (χ3v) is 7.49. The lowest BCUT2D eigenvalue weighted by atomic mass is 9.93. The quantitative estimate of drug-likeness (QED) is 0.260. The van der Waals surface area contributed by atoms with Gasteiger partial charge in [0, 0.05) is 35.1 Å². The number of nitrogens with one attached hydrogen (secondary N) is 3. The second kappa shape index (κ2) is 12.2. The van der Waals surface area contributed by atoms with E-state index in [-0.39, 0.29) is 37.9 Å². The number of rotatable bonds is 10. The number of ketones is 1. The highest BCUT2D eigenvalue weighted by molar-refractivity contribution is 6.31. The number of carbonyl (C=O) groups is 4. The highest BCUT2D eigenvalue weighted by Crippen LogP contribution is 2.23. The van der Waals surface area contributed by atoms with E-state index in [2.05, 4.69) is 15.6 Å². The number of nitrogens with zero attached hydrogens (tertiary/aromatic N) is 1. The summed E-state index contributed by atoms with van der Waals surface area (Å²) in [4.78, 5) is 57.3. The summed E-state index contributed by atoms with van der Waals surface area (Å²) >= 11 is 6.26. The summed E-state index contributed by atoms with van der Waals surface area (Å²) in [5, 5.41) is 7.00. The van der Waals surface area contributed by atoms with E-state index in [1.165, 1.54) is 4.90 Å². The van der Waals surface area contributed by atoms with Crippen molar-refractivity contribution in [2.24, 2.45) is 5.92 Å². The molecule has 3 amide bonds. The molecule has 40 heavy (non-hydrogen) atoms. The van der Waals surface area contributed by atoms with Gasteiger partial charge in [-0.05, 0) is 35.2 Å². The van der Waals surface area contributed by atoms with Crippen LogP contribution in [0.1, 0.15) is 16.7 Å². The van der Waals surface area contributed by atoms with Crippen molar-refractivity contribution in [1.29, 1.82) is 0 Å². The zero-order chi connectivity index (χ0) is 28.1. The number of carbonyl (C=O) groups excluding carboxylic acids is 4. The Morgan fingerprint density at radius 1 is 0.950 bits per heavy atom. The molecular weight excluding hydrogens is 528 g/mol. The van der Waals surface area contributed by atoms with Crippen LogP contribution in [-0.4, -0.2) is 52.5 Å². The monoisotopic (exact) mass is 556 g/mol. The lowest BCUT2D eigenvalue weighted by Gasteiger charge is -2.33. The summed E-state index contributed by atoms with van der Waals surface area (Å²) in [5.41, 5.74) is 3.33. The van der Waals surface area contributed by atoms with Gasteiger partial charge >= 0.3 is 0 Å². The number of Topliss-reactive ketones (excluding diaryl/α,β-unsaturated/α-hetero) is 1. The number of aromatic nitrogens is 1. The van der Waals surface area contributed by atoms with Crippen molar-refractivity contribution < 1.29 is 19.2 Å². The van der Waals surface area contributed by atoms with Crippen molar-refractivity contribution in [2.45, 2.75) is 25.4 Å². The first kappa shape index (κ1) is 27.1. The minimum Gasteiger partial charge on any atom is -0.361 e. The Kier molecular flexibility index (Phi) is 8.26. The van der Waals surface area contributed by atoms with Gasteiger partial charge < -0.3 is 20.5 Å². The van der Waals surface area contributed by atoms with E-state index in [1.807, 2.05) is 60.7 Å². The van der Waals surface area contributed by atoms with Gasteiger partial charge in [-0.2, -0.15) is 0 Å². The van der Waals surface area contributed by atoms with E-state index in [1.54, 1.807) is 24.4 Å². The third kappa shape index (κ3) is 6.24. The number of piperazine rings is 1. The van der Waals surface area contributed by atoms with Crippen LogP contribution in [-0.2, 0) is 38.6 Å². The molecule has 0 radical (unpaired) electrons. The van der Waals surface area contributed by atoms with Gasteiger partial charge in [0.25, 0.3) is 0 Å². The fourth-order valence-corrected chi connectivity index (χ4v) is 5.22. The van der Waals surface area contributed by atoms with Gasteiger partial charge in [0.15, 0.2) is 5.78 Å². The maximum absolute atomic E-state index is 13.7. The fourth-order valence-electron chi connectivity index (χ4n) is 5.01. The van der Waals surface area contributed by atoms with E-state index < -0.39 is 23.7 Å². The van der Waals surface area contributed by atoms with E-state index >= 15 is 0 Å². The standard InChI is InChI=1S/C31H29ClN4O4/c32-25-12-6-4-10-21(25)16-34-30(39)24(15-22-17-33-26-13-7-5-11-23(22)26)28(37)18-36-19-29(38)35-27(31(36)40)14-20-8-2-1-3-9-20/h1-13,17,24,27,33H,14-16,18-19H2,(H,34,39)(H,35,38). The van der Waals surface area contributed by atoms with Gasteiger partial charge in [0.1, 0.15) is 18.5 Å². The molecule has 2 unspecified atom stereocenters. The van der Waals surface area contributed by atoms with Crippen molar-refractivity contribution in [3.63, 3.8) is 0 Å². The molecule has 8 nitrogen and oxygen atoms in total. The molecule has 3 N–H and O–H groups in total. The SMILES string of the molecule is O=C1CN(CC(=O)C(Cc2c[nH]c3ccccc23)C(=O)NCc2ccccc2Cl)C(=O)C(Cc2ccccc2)N1. The molecule has 4 aromatic rings. The minimum absolute atomic E-state index is 0.138. The number of H-pyrrole nitrogens is 1. The maximum atomic E-state index is 13.7. The van der Waals surface area contributed by atoms with Crippen LogP contribution in [0.25, 0.3) is 10.9 Å². The Bertz CT molecular complexity index is 1550. The van der Waals surface area contributed by atoms with Gasteiger partial charge in [0.05, 0.1) is 6.54 Å². The lowest BCUT2D eigenvalue weighted by Crippen LogP contribution is -2.60. The molecule has 0 saturated carbocycles. The number of halogens is 1. The van der Waals surface area contributed by atoms with Crippen molar-refractivity contribution in [3.05, 3.63) is 107 Å². The molecule has 0 aliphatic carbocycles. The molecule has 1 fully saturated rings. The Hall–Kier alpha value is -4.43. The Labute approximate surface area is 236 Å². The first-order valence-electron chi connectivity index (χ1n) is 13.1. The Morgan fingerprint density at radius 2 is 1.68 bits per heavy atom. The normalized spacial score (nSPS) is 16.0. The molecule has 1 saturated heterocycles. The lowest BCUT2D eigenvalue weighted by molar-refractivity contribution is -0.147. The van der Waals surface area contributed by atoms with Crippen LogP contribution < -0.4 is 10.6 Å². The van der Waals surface area contributed by atoms with E-state index in [0.29, 0.717) is 11.4 Å². The average Bonchev–Trinajstić information content (AvgIpc) is 3.37. The van der Waals surface area contributed by atoms with E-state index in [4.69, 9.17) is 11.6 Å². The molecule has 5 rings (SSSR count).